The lowest BCUT2D eigenvalue weighted by Gasteiger charge is -2.26. The number of nitrogens with zero attached hydrogens (tertiary/aromatic N) is 3. The molecule has 8 nitrogen and oxygen atoms in total. The van der Waals surface area contributed by atoms with Gasteiger partial charge >= 0.3 is 0 Å². The second-order valence-electron chi connectivity index (χ2n) is 5.69. The number of carbonyl (C=O) groups excluding carboxylic acids is 1. The Labute approximate surface area is 156 Å². The molecule has 0 atom stereocenters. The molecule has 2 heterocycles. The molecule has 1 aliphatic heterocycles. The van der Waals surface area contributed by atoms with E-state index in [0.29, 0.717) is 17.7 Å². The molecule has 0 bridgehead atoms. The van der Waals surface area contributed by atoms with Crippen molar-refractivity contribution in [3.63, 3.8) is 0 Å². The zero-order valence-electron chi connectivity index (χ0n) is 14.6. The fourth-order valence-corrected chi connectivity index (χ4v) is 3.07. The summed E-state index contributed by atoms with van der Waals surface area (Å²) in [6.07, 6.45) is 0. The maximum Gasteiger partial charge on any atom is 0.277 e. The molecule has 3 rings (SSSR count). The number of morpholine rings is 1. The van der Waals surface area contributed by atoms with Gasteiger partial charge in [0.15, 0.2) is 0 Å². The second-order valence-corrected chi connectivity index (χ2v) is 6.62. The predicted octanol–water partition coefficient (Wildman–Crippen LogP) is 1.29. The van der Waals surface area contributed by atoms with Gasteiger partial charge in [-0.15, -0.1) is 10.2 Å². The molecule has 1 aromatic heterocycles. The number of ether oxygens (including phenoxy) is 2. The van der Waals surface area contributed by atoms with Crippen LogP contribution in [0, 0.1) is 0 Å². The molecule has 9 heteroatoms. The summed E-state index contributed by atoms with van der Waals surface area (Å²) in [5, 5.41) is 11.3. The maximum atomic E-state index is 11.9. The van der Waals surface area contributed by atoms with E-state index in [1.807, 2.05) is 24.3 Å². The van der Waals surface area contributed by atoms with Crippen molar-refractivity contribution in [2.45, 2.75) is 5.22 Å². The van der Waals surface area contributed by atoms with Crippen LogP contribution in [0.2, 0.25) is 0 Å². The van der Waals surface area contributed by atoms with E-state index in [1.165, 1.54) is 11.8 Å². The number of carbonyl (C=O) groups is 1. The van der Waals surface area contributed by atoms with Crippen LogP contribution in [0.25, 0.3) is 11.5 Å². The Morgan fingerprint density at radius 1 is 1.27 bits per heavy atom. The number of aromatic nitrogens is 2. The molecular formula is C17H22N4O4S. The highest BCUT2D eigenvalue weighted by Gasteiger charge is 2.13. The van der Waals surface area contributed by atoms with Crippen LogP contribution in [-0.4, -0.2) is 73.3 Å². The van der Waals surface area contributed by atoms with Crippen LogP contribution < -0.4 is 10.1 Å². The summed E-state index contributed by atoms with van der Waals surface area (Å²) in [6, 6.07) is 7.35. The van der Waals surface area contributed by atoms with Gasteiger partial charge in [-0.1, -0.05) is 11.8 Å². The van der Waals surface area contributed by atoms with Gasteiger partial charge in [-0.05, 0) is 24.3 Å². The van der Waals surface area contributed by atoms with Gasteiger partial charge in [-0.3, -0.25) is 9.69 Å². The van der Waals surface area contributed by atoms with E-state index >= 15 is 0 Å². The Hall–Kier alpha value is -2.10. The van der Waals surface area contributed by atoms with Crippen LogP contribution in [-0.2, 0) is 9.53 Å². The van der Waals surface area contributed by atoms with Gasteiger partial charge in [0.25, 0.3) is 5.22 Å². The van der Waals surface area contributed by atoms with E-state index in [2.05, 4.69) is 20.4 Å². The van der Waals surface area contributed by atoms with Crippen LogP contribution in [0.5, 0.6) is 5.75 Å². The number of hydrogen-bond donors (Lipinski definition) is 1. The predicted molar refractivity (Wildman–Crippen MR) is 97.3 cm³/mol. The van der Waals surface area contributed by atoms with Crippen molar-refractivity contribution in [3.8, 4) is 17.2 Å². The number of rotatable bonds is 8. The Balaban J connectivity index is 1.40. The molecule has 140 valence electrons. The Morgan fingerprint density at radius 2 is 2.04 bits per heavy atom. The summed E-state index contributed by atoms with van der Waals surface area (Å²) < 4.78 is 16.0. The number of hydrogen-bond acceptors (Lipinski definition) is 8. The molecule has 0 aliphatic carbocycles. The van der Waals surface area contributed by atoms with Crippen LogP contribution in [0.1, 0.15) is 0 Å². The van der Waals surface area contributed by atoms with Gasteiger partial charge in [0.05, 0.1) is 26.1 Å². The van der Waals surface area contributed by atoms with Crippen LogP contribution in [0.15, 0.2) is 33.9 Å². The molecule has 0 spiro atoms. The Kier molecular flexibility index (Phi) is 6.87. The third-order valence-electron chi connectivity index (χ3n) is 3.92. The normalized spacial score (nSPS) is 15.0. The molecule has 1 aliphatic rings. The molecule has 1 fully saturated rings. The highest BCUT2D eigenvalue weighted by molar-refractivity contribution is 7.99. The zero-order valence-corrected chi connectivity index (χ0v) is 15.5. The summed E-state index contributed by atoms with van der Waals surface area (Å²) >= 11 is 1.23. The van der Waals surface area contributed by atoms with E-state index in [4.69, 9.17) is 13.9 Å². The average Bonchev–Trinajstić information content (AvgIpc) is 3.16. The largest absolute Gasteiger partial charge is 0.497 e. The monoisotopic (exact) mass is 378 g/mol. The first-order chi connectivity index (χ1) is 12.7. The number of thioether (sulfide) groups is 1. The molecule has 1 N–H and O–H groups in total. The standard InChI is InChI=1S/C17H22N4O4S/c1-23-14-4-2-13(3-5-14)16-19-20-17(25-16)26-12-15(22)18-6-7-21-8-10-24-11-9-21/h2-5H,6-12H2,1H3,(H,18,22). The van der Waals surface area contributed by atoms with Gasteiger partial charge in [-0.25, -0.2) is 0 Å². The number of amides is 1. The summed E-state index contributed by atoms with van der Waals surface area (Å²) in [5.41, 5.74) is 0.806. The van der Waals surface area contributed by atoms with Gasteiger partial charge in [0.2, 0.25) is 11.8 Å². The lowest BCUT2D eigenvalue weighted by Crippen LogP contribution is -2.41. The van der Waals surface area contributed by atoms with Crippen molar-refractivity contribution in [2.75, 3.05) is 52.3 Å². The third-order valence-corrected chi connectivity index (χ3v) is 4.74. The van der Waals surface area contributed by atoms with Crippen molar-refractivity contribution in [3.05, 3.63) is 24.3 Å². The Bertz CT molecular complexity index is 701. The Morgan fingerprint density at radius 3 is 2.77 bits per heavy atom. The quantitative estimate of drug-likeness (QED) is 0.687. The molecule has 0 radical (unpaired) electrons. The van der Waals surface area contributed by atoms with Crippen molar-refractivity contribution < 1.29 is 18.7 Å². The summed E-state index contributed by atoms with van der Waals surface area (Å²) in [7, 11) is 1.61. The molecular weight excluding hydrogens is 356 g/mol. The van der Waals surface area contributed by atoms with Crippen molar-refractivity contribution in [1.82, 2.24) is 20.4 Å². The highest BCUT2D eigenvalue weighted by Crippen LogP contribution is 2.24. The molecule has 0 saturated carbocycles. The van der Waals surface area contributed by atoms with Gasteiger partial charge in [0, 0.05) is 31.7 Å². The van der Waals surface area contributed by atoms with Crippen LogP contribution in [0.3, 0.4) is 0 Å². The topological polar surface area (TPSA) is 89.7 Å². The first kappa shape index (κ1) is 18.7. The molecule has 2 aromatic rings. The molecule has 1 aromatic carbocycles. The van der Waals surface area contributed by atoms with E-state index in [0.717, 1.165) is 44.2 Å². The fraction of sp³-hybridized carbons (Fsp3) is 0.471. The summed E-state index contributed by atoms with van der Waals surface area (Å²) in [4.78, 5) is 14.2. The number of benzene rings is 1. The second kappa shape index (κ2) is 9.56. The highest BCUT2D eigenvalue weighted by atomic mass is 32.2. The van der Waals surface area contributed by atoms with Crippen molar-refractivity contribution in [2.24, 2.45) is 0 Å². The average molecular weight is 378 g/mol. The fourth-order valence-electron chi connectivity index (χ4n) is 2.47. The smallest absolute Gasteiger partial charge is 0.277 e. The van der Waals surface area contributed by atoms with Crippen LogP contribution in [0.4, 0.5) is 0 Å². The molecule has 26 heavy (non-hydrogen) atoms. The first-order valence-corrected chi connectivity index (χ1v) is 9.40. The lowest BCUT2D eigenvalue weighted by molar-refractivity contribution is -0.118. The van der Waals surface area contributed by atoms with E-state index in [-0.39, 0.29) is 11.7 Å². The van der Waals surface area contributed by atoms with Gasteiger partial charge < -0.3 is 19.2 Å². The summed E-state index contributed by atoms with van der Waals surface area (Å²) in [6.45, 7) is 4.82. The van der Waals surface area contributed by atoms with Gasteiger partial charge in [0.1, 0.15) is 5.75 Å². The SMILES string of the molecule is COc1ccc(-c2nnc(SCC(=O)NCCN3CCOCC3)o2)cc1. The molecule has 1 saturated heterocycles. The minimum atomic E-state index is -0.0487. The van der Waals surface area contributed by atoms with Crippen molar-refractivity contribution in [1.29, 1.82) is 0 Å². The van der Waals surface area contributed by atoms with Crippen LogP contribution >= 0.6 is 11.8 Å². The number of nitrogens with one attached hydrogen (secondary N) is 1. The minimum Gasteiger partial charge on any atom is -0.497 e. The maximum absolute atomic E-state index is 11.9. The number of methoxy groups -OCH3 is 1. The van der Waals surface area contributed by atoms with E-state index in [9.17, 15) is 4.79 Å². The molecule has 1 amide bonds. The van der Waals surface area contributed by atoms with Gasteiger partial charge in [-0.2, -0.15) is 0 Å². The minimum absolute atomic E-state index is 0.0487. The van der Waals surface area contributed by atoms with Crippen molar-refractivity contribution >= 4 is 17.7 Å². The van der Waals surface area contributed by atoms with E-state index < -0.39 is 0 Å². The zero-order chi connectivity index (χ0) is 18.2. The van der Waals surface area contributed by atoms with E-state index in [1.54, 1.807) is 7.11 Å². The lowest BCUT2D eigenvalue weighted by atomic mass is 10.2. The molecule has 0 unspecified atom stereocenters. The first-order valence-electron chi connectivity index (χ1n) is 8.42. The summed E-state index contributed by atoms with van der Waals surface area (Å²) in [5.74, 6) is 1.37. The third kappa shape index (κ3) is 5.45.